The summed E-state index contributed by atoms with van der Waals surface area (Å²) in [7, 11) is 0. The molecule has 3 nitrogen and oxygen atoms in total. The summed E-state index contributed by atoms with van der Waals surface area (Å²) < 4.78 is 11.1. The van der Waals surface area contributed by atoms with E-state index in [1.54, 1.807) is 0 Å². The van der Waals surface area contributed by atoms with Gasteiger partial charge in [0, 0.05) is 19.2 Å². The van der Waals surface area contributed by atoms with Crippen molar-refractivity contribution in [3.63, 3.8) is 0 Å². The first kappa shape index (κ1) is 18.9. The predicted molar refractivity (Wildman–Crippen MR) is 82.6 cm³/mol. The molecule has 0 rings (SSSR count). The first-order chi connectivity index (χ1) is 8.83. The standard InChI is InChI=1S/C16H35NO2/c1-14(2)15(3)17-9-11-19-13-12-18-10-7-8-16(4,5)6/h14-15,17H,7-13H2,1-6H3. The molecule has 0 aliphatic carbocycles. The molecule has 0 heterocycles. The fourth-order valence-electron chi connectivity index (χ4n) is 1.62. The van der Waals surface area contributed by atoms with Crippen LogP contribution in [0.4, 0.5) is 0 Å². The van der Waals surface area contributed by atoms with Crippen LogP contribution in [0.5, 0.6) is 0 Å². The van der Waals surface area contributed by atoms with Gasteiger partial charge in [0.15, 0.2) is 0 Å². The zero-order valence-electron chi connectivity index (χ0n) is 13.9. The van der Waals surface area contributed by atoms with E-state index < -0.39 is 0 Å². The van der Waals surface area contributed by atoms with Gasteiger partial charge in [-0.15, -0.1) is 0 Å². The lowest BCUT2D eigenvalue weighted by Crippen LogP contribution is -2.33. The van der Waals surface area contributed by atoms with Gasteiger partial charge in [-0.3, -0.25) is 0 Å². The van der Waals surface area contributed by atoms with Crippen LogP contribution in [0.15, 0.2) is 0 Å². The average molecular weight is 273 g/mol. The van der Waals surface area contributed by atoms with E-state index in [9.17, 15) is 0 Å². The van der Waals surface area contributed by atoms with Crippen molar-refractivity contribution in [2.75, 3.05) is 33.0 Å². The van der Waals surface area contributed by atoms with Crippen LogP contribution in [0.1, 0.15) is 54.4 Å². The Morgan fingerprint density at radius 1 is 0.895 bits per heavy atom. The smallest absolute Gasteiger partial charge is 0.0701 e. The van der Waals surface area contributed by atoms with Gasteiger partial charge in [-0.25, -0.2) is 0 Å². The van der Waals surface area contributed by atoms with Gasteiger partial charge in [-0.2, -0.15) is 0 Å². The quantitative estimate of drug-likeness (QED) is 0.585. The molecule has 1 atom stereocenters. The Labute approximate surface area is 120 Å². The SMILES string of the molecule is CC(C)C(C)NCCOCCOCCCC(C)(C)C. The number of rotatable bonds is 11. The zero-order chi connectivity index (χ0) is 14.7. The molecule has 1 unspecified atom stereocenters. The highest BCUT2D eigenvalue weighted by molar-refractivity contribution is 4.63. The van der Waals surface area contributed by atoms with Crippen molar-refractivity contribution < 1.29 is 9.47 Å². The van der Waals surface area contributed by atoms with Gasteiger partial charge in [0.25, 0.3) is 0 Å². The third-order valence-electron chi connectivity index (χ3n) is 3.30. The maximum absolute atomic E-state index is 5.55. The van der Waals surface area contributed by atoms with Crippen molar-refractivity contribution in [1.29, 1.82) is 0 Å². The Hall–Kier alpha value is -0.120. The van der Waals surface area contributed by atoms with Crippen LogP contribution in [-0.2, 0) is 9.47 Å². The maximum Gasteiger partial charge on any atom is 0.0701 e. The van der Waals surface area contributed by atoms with Crippen LogP contribution in [-0.4, -0.2) is 39.0 Å². The van der Waals surface area contributed by atoms with Crippen molar-refractivity contribution in [2.45, 2.75) is 60.4 Å². The molecule has 0 aromatic carbocycles. The van der Waals surface area contributed by atoms with E-state index in [2.05, 4.69) is 46.9 Å². The van der Waals surface area contributed by atoms with Gasteiger partial charge < -0.3 is 14.8 Å². The molecule has 3 heteroatoms. The third-order valence-corrected chi connectivity index (χ3v) is 3.30. The number of hydrogen-bond acceptors (Lipinski definition) is 3. The Morgan fingerprint density at radius 2 is 1.47 bits per heavy atom. The fraction of sp³-hybridized carbons (Fsp3) is 1.00. The highest BCUT2D eigenvalue weighted by Gasteiger charge is 2.08. The summed E-state index contributed by atoms with van der Waals surface area (Å²) >= 11 is 0. The third kappa shape index (κ3) is 14.1. The van der Waals surface area contributed by atoms with Gasteiger partial charge in [-0.05, 0) is 31.1 Å². The summed E-state index contributed by atoms with van der Waals surface area (Å²) in [6.45, 7) is 17.4. The summed E-state index contributed by atoms with van der Waals surface area (Å²) in [5.74, 6) is 0.672. The summed E-state index contributed by atoms with van der Waals surface area (Å²) in [4.78, 5) is 0. The van der Waals surface area contributed by atoms with Crippen molar-refractivity contribution in [1.82, 2.24) is 5.32 Å². The minimum Gasteiger partial charge on any atom is -0.379 e. The van der Waals surface area contributed by atoms with Crippen LogP contribution in [0, 0.1) is 11.3 Å². The molecular weight excluding hydrogens is 238 g/mol. The lowest BCUT2D eigenvalue weighted by molar-refractivity contribution is 0.0445. The Balaban J connectivity index is 3.15. The summed E-state index contributed by atoms with van der Waals surface area (Å²) in [6, 6.07) is 0.553. The minimum absolute atomic E-state index is 0.415. The summed E-state index contributed by atoms with van der Waals surface area (Å²) in [5, 5.41) is 3.44. The van der Waals surface area contributed by atoms with E-state index in [1.807, 2.05) is 0 Å². The molecule has 0 bridgehead atoms. The van der Waals surface area contributed by atoms with E-state index in [1.165, 1.54) is 6.42 Å². The minimum atomic E-state index is 0.415. The molecule has 0 saturated carbocycles. The maximum atomic E-state index is 5.55. The van der Waals surface area contributed by atoms with E-state index >= 15 is 0 Å². The number of hydrogen-bond donors (Lipinski definition) is 1. The second kappa shape index (κ2) is 10.6. The van der Waals surface area contributed by atoms with Gasteiger partial charge in [0.1, 0.15) is 0 Å². The van der Waals surface area contributed by atoms with Gasteiger partial charge in [0.2, 0.25) is 0 Å². The number of nitrogens with one attached hydrogen (secondary N) is 1. The first-order valence-corrected chi connectivity index (χ1v) is 7.72. The van der Waals surface area contributed by atoms with Crippen LogP contribution in [0.3, 0.4) is 0 Å². The summed E-state index contributed by atoms with van der Waals surface area (Å²) in [5.41, 5.74) is 0.415. The molecule has 0 amide bonds. The van der Waals surface area contributed by atoms with Crippen LogP contribution in [0.25, 0.3) is 0 Å². The molecule has 19 heavy (non-hydrogen) atoms. The predicted octanol–water partition coefficient (Wildman–Crippen LogP) is 3.48. The van der Waals surface area contributed by atoms with Crippen LogP contribution >= 0.6 is 0 Å². The van der Waals surface area contributed by atoms with Gasteiger partial charge >= 0.3 is 0 Å². The molecular formula is C16H35NO2. The zero-order valence-corrected chi connectivity index (χ0v) is 13.9. The molecule has 0 saturated heterocycles. The second-order valence-electron chi connectivity index (χ2n) is 6.88. The van der Waals surface area contributed by atoms with Crippen LogP contribution in [0.2, 0.25) is 0 Å². The molecule has 0 aliphatic heterocycles. The molecule has 0 aliphatic rings. The van der Waals surface area contributed by atoms with Crippen molar-refractivity contribution in [3.05, 3.63) is 0 Å². The molecule has 116 valence electrons. The van der Waals surface area contributed by atoms with E-state index in [0.29, 0.717) is 30.6 Å². The molecule has 0 aromatic rings. The van der Waals surface area contributed by atoms with Crippen molar-refractivity contribution >= 4 is 0 Å². The van der Waals surface area contributed by atoms with E-state index in [4.69, 9.17) is 9.47 Å². The van der Waals surface area contributed by atoms with E-state index in [-0.39, 0.29) is 0 Å². The Morgan fingerprint density at radius 3 is 2.00 bits per heavy atom. The largest absolute Gasteiger partial charge is 0.379 e. The normalized spacial score (nSPS) is 14.1. The first-order valence-electron chi connectivity index (χ1n) is 7.72. The monoisotopic (exact) mass is 273 g/mol. The highest BCUT2D eigenvalue weighted by atomic mass is 16.5. The Bertz CT molecular complexity index is 199. The van der Waals surface area contributed by atoms with Gasteiger partial charge in [0.05, 0.1) is 19.8 Å². The molecule has 0 radical (unpaired) electrons. The lowest BCUT2D eigenvalue weighted by atomic mass is 9.91. The highest BCUT2D eigenvalue weighted by Crippen LogP contribution is 2.20. The van der Waals surface area contributed by atoms with Gasteiger partial charge in [-0.1, -0.05) is 34.6 Å². The summed E-state index contributed by atoms with van der Waals surface area (Å²) in [6.07, 6.45) is 2.35. The van der Waals surface area contributed by atoms with Crippen molar-refractivity contribution in [2.24, 2.45) is 11.3 Å². The average Bonchev–Trinajstić information content (AvgIpc) is 2.29. The molecule has 0 fully saturated rings. The number of ether oxygens (including phenoxy) is 2. The second-order valence-corrected chi connectivity index (χ2v) is 6.88. The molecule has 0 aromatic heterocycles. The van der Waals surface area contributed by atoms with Crippen LogP contribution < -0.4 is 5.32 Å². The lowest BCUT2D eigenvalue weighted by Gasteiger charge is -2.18. The molecule has 1 N–H and O–H groups in total. The van der Waals surface area contributed by atoms with E-state index in [0.717, 1.165) is 26.2 Å². The van der Waals surface area contributed by atoms with Crippen molar-refractivity contribution in [3.8, 4) is 0 Å². The molecule has 0 spiro atoms. The topological polar surface area (TPSA) is 30.5 Å². The Kier molecular flexibility index (Phi) is 10.6. The fourth-order valence-corrected chi connectivity index (χ4v) is 1.62.